The lowest BCUT2D eigenvalue weighted by molar-refractivity contribution is -0.132. The fourth-order valence-electron chi connectivity index (χ4n) is 3.21. The number of para-hydroxylation sites is 2. The second kappa shape index (κ2) is 10.6. The number of aromatic amines is 1. The highest BCUT2D eigenvalue weighted by Gasteiger charge is 2.13. The second-order valence-corrected chi connectivity index (χ2v) is 7.17. The third-order valence-corrected chi connectivity index (χ3v) is 4.81. The van der Waals surface area contributed by atoms with E-state index in [1.807, 2.05) is 42.5 Å². The van der Waals surface area contributed by atoms with Gasteiger partial charge in [-0.2, -0.15) is 0 Å². The highest BCUT2D eigenvalue weighted by molar-refractivity contribution is 6.43. The molecule has 0 aliphatic carbocycles. The van der Waals surface area contributed by atoms with Crippen LogP contribution < -0.4 is 10.6 Å². The SMILES string of the molecule is O=C(Nc1ccccc1)C(=O)Nc1ccccc1.Oc1ccc2[nH]nnc2c1-c1ccccc1. The Morgan fingerprint density at radius 2 is 1.18 bits per heavy atom. The number of aromatic nitrogens is 3. The monoisotopic (exact) mass is 451 g/mol. The van der Waals surface area contributed by atoms with E-state index < -0.39 is 11.8 Å². The number of nitrogens with zero attached hydrogens (tertiary/aromatic N) is 2. The molecule has 1 heterocycles. The largest absolute Gasteiger partial charge is 0.507 e. The number of carbonyl (C=O) groups is 2. The average Bonchev–Trinajstić information content (AvgIpc) is 3.35. The van der Waals surface area contributed by atoms with Gasteiger partial charge in [-0.15, -0.1) is 5.10 Å². The van der Waals surface area contributed by atoms with E-state index in [1.54, 1.807) is 60.7 Å². The molecular formula is C26H21N5O3. The van der Waals surface area contributed by atoms with E-state index in [4.69, 9.17) is 0 Å². The summed E-state index contributed by atoms with van der Waals surface area (Å²) < 4.78 is 0. The van der Waals surface area contributed by atoms with Crippen molar-refractivity contribution >= 4 is 34.2 Å². The predicted molar refractivity (Wildman–Crippen MR) is 131 cm³/mol. The normalized spacial score (nSPS) is 10.1. The van der Waals surface area contributed by atoms with Crippen LogP contribution in [-0.4, -0.2) is 32.3 Å². The molecule has 5 rings (SSSR count). The van der Waals surface area contributed by atoms with Crippen molar-refractivity contribution in [3.63, 3.8) is 0 Å². The molecule has 0 radical (unpaired) electrons. The zero-order valence-electron chi connectivity index (χ0n) is 18.0. The maximum absolute atomic E-state index is 11.6. The number of fused-ring (bicyclic) bond motifs is 1. The molecule has 0 fully saturated rings. The zero-order chi connectivity index (χ0) is 23.8. The van der Waals surface area contributed by atoms with Crippen LogP contribution in [-0.2, 0) is 9.59 Å². The molecule has 168 valence electrons. The van der Waals surface area contributed by atoms with E-state index in [-0.39, 0.29) is 5.75 Å². The number of aromatic hydroxyl groups is 1. The molecule has 0 saturated heterocycles. The van der Waals surface area contributed by atoms with E-state index in [0.717, 1.165) is 11.1 Å². The Bertz CT molecular complexity index is 1340. The van der Waals surface area contributed by atoms with Crippen molar-refractivity contribution in [3.05, 3.63) is 103 Å². The minimum atomic E-state index is -0.690. The molecule has 5 aromatic rings. The molecule has 4 aromatic carbocycles. The first-order valence-electron chi connectivity index (χ1n) is 10.4. The summed E-state index contributed by atoms with van der Waals surface area (Å²) in [6.45, 7) is 0. The Morgan fingerprint density at radius 1 is 0.676 bits per heavy atom. The number of anilines is 2. The van der Waals surface area contributed by atoms with Gasteiger partial charge in [-0.3, -0.25) is 14.7 Å². The van der Waals surface area contributed by atoms with E-state index in [0.29, 0.717) is 22.5 Å². The molecule has 0 aliphatic rings. The fraction of sp³-hybridized carbons (Fsp3) is 0. The van der Waals surface area contributed by atoms with Crippen molar-refractivity contribution in [2.75, 3.05) is 10.6 Å². The van der Waals surface area contributed by atoms with Gasteiger partial charge in [0.15, 0.2) is 0 Å². The highest BCUT2D eigenvalue weighted by atomic mass is 16.3. The smallest absolute Gasteiger partial charge is 0.314 e. The van der Waals surface area contributed by atoms with Crippen molar-refractivity contribution in [2.24, 2.45) is 0 Å². The van der Waals surface area contributed by atoms with E-state index in [2.05, 4.69) is 26.0 Å². The lowest BCUT2D eigenvalue weighted by atomic mass is 10.0. The number of phenolic OH excluding ortho intramolecular Hbond substituents is 1. The van der Waals surface area contributed by atoms with Gasteiger partial charge in [0.1, 0.15) is 11.3 Å². The molecule has 4 N–H and O–H groups in total. The van der Waals surface area contributed by atoms with Crippen LogP contribution in [0.3, 0.4) is 0 Å². The zero-order valence-corrected chi connectivity index (χ0v) is 18.0. The number of amides is 2. The molecule has 0 saturated carbocycles. The molecule has 2 amide bonds. The van der Waals surface area contributed by atoms with Gasteiger partial charge in [0.05, 0.1) is 11.1 Å². The van der Waals surface area contributed by atoms with Gasteiger partial charge >= 0.3 is 11.8 Å². The van der Waals surface area contributed by atoms with Gasteiger partial charge in [-0.05, 0) is 42.0 Å². The van der Waals surface area contributed by atoms with E-state index >= 15 is 0 Å². The lowest BCUT2D eigenvalue weighted by Crippen LogP contribution is -2.28. The van der Waals surface area contributed by atoms with Crippen LogP contribution >= 0.6 is 0 Å². The number of hydrogen-bond donors (Lipinski definition) is 4. The number of carbonyl (C=O) groups excluding carboxylic acids is 2. The quantitative estimate of drug-likeness (QED) is 0.299. The Morgan fingerprint density at radius 3 is 1.71 bits per heavy atom. The first-order chi connectivity index (χ1) is 16.6. The Kier molecular flexibility index (Phi) is 6.90. The van der Waals surface area contributed by atoms with Gasteiger partial charge in [0, 0.05) is 11.4 Å². The molecular weight excluding hydrogens is 430 g/mol. The molecule has 0 bridgehead atoms. The van der Waals surface area contributed by atoms with Crippen LogP contribution in [0.1, 0.15) is 0 Å². The van der Waals surface area contributed by atoms with Gasteiger partial charge in [0.25, 0.3) is 0 Å². The van der Waals surface area contributed by atoms with Gasteiger partial charge < -0.3 is 15.7 Å². The van der Waals surface area contributed by atoms with Gasteiger partial charge in [-0.25, -0.2) is 0 Å². The number of nitrogens with one attached hydrogen (secondary N) is 3. The first kappa shape index (κ1) is 22.2. The Labute approximate surface area is 195 Å². The summed E-state index contributed by atoms with van der Waals surface area (Å²) in [5.74, 6) is -1.16. The molecule has 0 atom stereocenters. The number of hydrogen-bond acceptors (Lipinski definition) is 5. The molecule has 0 spiro atoms. The van der Waals surface area contributed by atoms with Gasteiger partial charge in [-0.1, -0.05) is 71.9 Å². The third kappa shape index (κ3) is 5.43. The first-order valence-corrected chi connectivity index (χ1v) is 10.4. The highest BCUT2D eigenvalue weighted by Crippen LogP contribution is 2.34. The minimum Gasteiger partial charge on any atom is -0.507 e. The van der Waals surface area contributed by atoms with Crippen LogP contribution in [0.2, 0.25) is 0 Å². The van der Waals surface area contributed by atoms with Crippen molar-refractivity contribution in [1.82, 2.24) is 15.4 Å². The van der Waals surface area contributed by atoms with Crippen molar-refractivity contribution in [2.45, 2.75) is 0 Å². The maximum Gasteiger partial charge on any atom is 0.314 e. The van der Waals surface area contributed by atoms with Crippen LogP contribution in [0.4, 0.5) is 11.4 Å². The minimum absolute atomic E-state index is 0.215. The summed E-state index contributed by atoms with van der Waals surface area (Å²) in [7, 11) is 0. The Hall–Kier alpha value is -4.98. The molecule has 34 heavy (non-hydrogen) atoms. The topological polar surface area (TPSA) is 120 Å². The van der Waals surface area contributed by atoms with Crippen LogP contribution in [0, 0.1) is 0 Å². The molecule has 1 aromatic heterocycles. The summed E-state index contributed by atoms with van der Waals surface area (Å²) in [6.07, 6.45) is 0. The number of phenols is 1. The van der Waals surface area contributed by atoms with E-state index in [9.17, 15) is 14.7 Å². The van der Waals surface area contributed by atoms with Crippen molar-refractivity contribution in [3.8, 4) is 16.9 Å². The fourth-order valence-corrected chi connectivity index (χ4v) is 3.21. The van der Waals surface area contributed by atoms with Crippen molar-refractivity contribution in [1.29, 1.82) is 0 Å². The molecule has 0 unspecified atom stereocenters. The lowest BCUT2D eigenvalue weighted by Gasteiger charge is -2.05. The molecule has 8 heteroatoms. The molecule has 0 aliphatic heterocycles. The summed E-state index contributed by atoms with van der Waals surface area (Å²) in [6, 6.07) is 30.7. The van der Waals surface area contributed by atoms with Crippen molar-refractivity contribution < 1.29 is 14.7 Å². The standard InChI is InChI=1S/C14H12N2O2.C12H9N3O/c17-13(15-11-7-3-1-4-8-11)14(18)16-12-9-5-2-6-10-12;16-10-7-6-9-12(14-15-13-9)11(10)8-4-2-1-3-5-8/h1-10H,(H,15,17)(H,16,18);1-7,16H,(H,13,14,15). The third-order valence-electron chi connectivity index (χ3n) is 4.81. The summed E-state index contributed by atoms with van der Waals surface area (Å²) in [4.78, 5) is 23.2. The van der Waals surface area contributed by atoms with Gasteiger partial charge in [0.2, 0.25) is 0 Å². The van der Waals surface area contributed by atoms with E-state index in [1.165, 1.54) is 0 Å². The number of benzene rings is 4. The summed E-state index contributed by atoms with van der Waals surface area (Å²) >= 11 is 0. The number of H-pyrrole nitrogens is 1. The maximum atomic E-state index is 11.6. The average molecular weight is 451 g/mol. The number of rotatable bonds is 3. The van der Waals surface area contributed by atoms with Crippen LogP contribution in [0.15, 0.2) is 103 Å². The second-order valence-electron chi connectivity index (χ2n) is 7.17. The molecule has 8 nitrogen and oxygen atoms in total. The summed E-state index contributed by atoms with van der Waals surface area (Å²) in [5, 5.41) is 25.4. The van der Waals surface area contributed by atoms with Crippen LogP contribution in [0.5, 0.6) is 5.75 Å². The van der Waals surface area contributed by atoms with Crippen LogP contribution in [0.25, 0.3) is 22.2 Å². The predicted octanol–water partition coefficient (Wildman–Crippen LogP) is 4.59. The Balaban J connectivity index is 0.000000162. The summed E-state index contributed by atoms with van der Waals surface area (Å²) in [5.41, 5.74) is 4.32.